The van der Waals surface area contributed by atoms with E-state index in [-0.39, 0.29) is 17.3 Å². The van der Waals surface area contributed by atoms with Crippen molar-refractivity contribution in [2.45, 2.75) is 18.0 Å². The van der Waals surface area contributed by atoms with Gasteiger partial charge in [0, 0.05) is 27.8 Å². The lowest BCUT2D eigenvalue weighted by Gasteiger charge is -2.37. The van der Waals surface area contributed by atoms with Crippen LogP contribution in [0.4, 0.5) is 5.69 Å². The predicted molar refractivity (Wildman–Crippen MR) is 146 cm³/mol. The number of carbonyl (C=O) groups excluding carboxylic acids is 3. The van der Waals surface area contributed by atoms with E-state index in [0.717, 1.165) is 11.3 Å². The summed E-state index contributed by atoms with van der Waals surface area (Å²) >= 11 is 8.16. The molecule has 2 aliphatic heterocycles. The highest BCUT2D eigenvalue weighted by Crippen LogP contribution is 2.61. The maximum atomic E-state index is 14.5. The van der Waals surface area contributed by atoms with Gasteiger partial charge in [0.05, 0.1) is 10.9 Å². The Hall–Kier alpha value is -3.80. The van der Waals surface area contributed by atoms with Crippen molar-refractivity contribution in [1.29, 1.82) is 0 Å². The van der Waals surface area contributed by atoms with Gasteiger partial charge in [0.15, 0.2) is 17.3 Å². The van der Waals surface area contributed by atoms with Crippen LogP contribution in [0, 0.1) is 5.41 Å². The molecule has 1 saturated heterocycles. The minimum absolute atomic E-state index is 0.122. The number of benzene rings is 3. The largest absolute Gasteiger partial charge is 0.352 e. The van der Waals surface area contributed by atoms with Crippen molar-refractivity contribution >= 4 is 52.1 Å². The summed E-state index contributed by atoms with van der Waals surface area (Å²) in [5.74, 6) is -1.41. The number of hydrogen-bond donors (Lipinski definition) is 0. The van der Waals surface area contributed by atoms with Gasteiger partial charge >= 0.3 is 0 Å². The number of ketones is 3. The van der Waals surface area contributed by atoms with Gasteiger partial charge in [-0.25, -0.2) is 0 Å². The van der Waals surface area contributed by atoms with Gasteiger partial charge in [0.25, 0.3) is 0 Å². The Morgan fingerprint density at radius 3 is 2.22 bits per heavy atom. The normalized spacial score (nSPS) is 22.7. The highest BCUT2D eigenvalue weighted by molar-refractivity contribution is 7.12. The molecule has 180 valence electrons. The summed E-state index contributed by atoms with van der Waals surface area (Å²) in [6, 6.07) is 24.3. The molecule has 1 aliphatic carbocycles. The number of carbonyl (C=O) groups is 3. The van der Waals surface area contributed by atoms with E-state index >= 15 is 0 Å². The summed E-state index contributed by atoms with van der Waals surface area (Å²) in [6.07, 6.45) is 3.89. The Morgan fingerprint density at radius 2 is 1.51 bits per heavy atom. The van der Waals surface area contributed by atoms with Crippen LogP contribution in [0.2, 0.25) is 5.02 Å². The van der Waals surface area contributed by atoms with Crippen molar-refractivity contribution in [1.82, 2.24) is 0 Å². The van der Waals surface area contributed by atoms with E-state index in [1.54, 1.807) is 36.4 Å². The molecule has 0 radical (unpaired) electrons. The third-order valence-corrected chi connectivity index (χ3v) is 9.21. The minimum atomic E-state index is -1.53. The molecule has 1 fully saturated rings. The Kier molecular flexibility index (Phi) is 4.91. The fourth-order valence-electron chi connectivity index (χ4n) is 6.55. The maximum Gasteiger partial charge on any atom is 0.195 e. The zero-order valence-corrected chi connectivity index (χ0v) is 21.1. The molecule has 0 bridgehead atoms. The van der Waals surface area contributed by atoms with E-state index in [9.17, 15) is 14.4 Å². The predicted octanol–water partition coefficient (Wildman–Crippen LogP) is 6.72. The average Bonchev–Trinajstić information content (AvgIpc) is 3.62. The molecule has 3 aromatic carbocycles. The van der Waals surface area contributed by atoms with Crippen molar-refractivity contribution in [3.63, 3.8) is 0 Å². The first-order valence-electron chi connectivity index (χ1n) is 12.1. The average molecular weight is 522 g/mol. The van der Waals surface area contributed by atoms with Gasteiger partial charge in [-0.3, -0.25) is 14.4 Å². The number of fused-ring (bicyclic) bond motifs is 5. The number of hydrogen-bond acceptors (Lipinski definition) is 5. The minimum Gasteiger partial charge on any atom is -0.352 e. The van der Waals surface area contributed by atoms with Crippen molar-refractivity contribution in [2.75, 3.05) is 4.90 Å². The fraction of sp³-hybridized carbons (Fsp3) is 0.129. The molecular weight excluding hydrogens is 502 g/mol. The summed E-state index contributed by atoms with van der Waals surface area (Å²) in [5.41, 5.74) is 1.68. The molecule has 1 spiro atoms. The summed E-state index contributed by atoms with van der Waals surface area (Å²) in [4.78, 5) is 46.0. The second kappa shape index (κ2) is 8.10. The van der Waals surface area contributed by atoms with Crippen molar-refractivity contribution in [3.05, 3.63) is 129 Å². The van der Waals surface area contributed by atoms with Gasteiger partial charge in [-0.15, -0.1) is 11.3 Å². The molecule has 3 aliphatic rings. The first kappa shape index (κ1) is 22.4. The molecule has 7 rings (SSSR count). The molecule has 3 unspecified atom stereocenters. The molecule has 0 amide bonds. The van der Waals surface area contributed by atoms with Crippen LogP contribution in [0.25, 0.3) is 6.08 Å². The van der Waals surface area contributed by atoms with Crippen molar-refractivity contribution < 1.29 is 14.4 Å². The molecule has 6 heteroatoms. The van der Waals surface area contributed by atoms with Gasteiger partial charge in [0.2, 0.25) is 0 Å². The van der Waals surface area contributed by atoms with Crippen molar-refractivity contribution in [3.8, 4) is 0 Å². The standard InChI is InChI=1S/C31H20ClNO3S/c32-22-12-5-4-11-21(22)26-27(28(34)24-14-7-17-37-24)33-23-13-6-1-8-18(23)15-16-25(33)31(26)29(35)19-9-2-3-10-20(19)30(31)36/h1-17,25-27H. The Balaban J connectivity index is 1.58. The van der Waals surface area contributed by atoms with Gasteiger partial charge in [-0.2, -0.15) is 0 Å². The highest BCUT2D eigenvalue weighted by atomic mass is 35.5. The molecule has 0 N–H and O–H groups in total. The van der Waals surface area contributed by atoms with Crippen molar-refractivity contribution in [2.24, 2.45) is 5.41 Å². The van der Waals surface area contributed by atoms with Crippen LogP contribution >= 0.6 is 22.9 Å². The van der Waals surface area contributed by atoms with Gasteiger partial charge < -0.3 is 4.90 Å². The molecule has 3 atom stereocenters. The van der Waals surface area contributed by atoms with Crippen LogP contribution in [0.3, 0.4) is 0 Å². The van der Waals surface area contributed by atoms with E-state index in [1.165, 1.54) is 11.3 Å². The van der Waals surface area contributed by atoms with Crippen LogP contribution in [0.1, 0.15) is 47.4 Å². The lowest BCUT2D eigenvalue weighted by molar-refractivity contribution is 0.0666. The maximum absolute atomic E-state index is 14.5. The first-order valence-corrected chi connectivity index (χ1v) is 13.4. The number of rotatable bonds is 3. The Morgan fingerprint density at radius 1 is 0.838 bits per heavy atom. The second-order valence-corrected chi connectivity index (χ2v) is 11.0. The monoisotopic (exact) mass is 521 g/mol. The molecule has 1 aromatic heterocycles. The van der Waals surface area contributed by atoms with Gasteiger partial charge in [-0.1, -0.05) is 90.5 Å². The second-order valence-electron chi connectivity index (χ2n) is 9.63. The van der Waals surface area contributed by atoms with E-state index in [4.69, 9.17) is 11.6 Å². The summed E-state index contributed by atoms with van der Waals surface area (Å²) < 4.78 is 0. The lowest BCUT2D eigenvalue weighted by atomic mass is 9.64. The van der Waals surface area contributed by atoms with Gasteiger partial charge in [-0.05, 0) is 34.7 Å². The Labute approximate surface area is 222 Å². The molecule has 37 heavy (non-hydrogen) atoms. The quantitative estimate of drug-likeness (QED) is 0.222. The first-order chi connectivity index (χ1) is 18.0. The van der Waals surface area contributed by atoms with Crippen LogP contribution in [-0.2, 0) is 0 Å². The van der Waals surface area contributed by atoms with Crippen LogP contribution in [0.15, 0.2) is 96.4 Å². The zero-order chi connectivity index (χ0) is 25.3. The SMILES string of the molecule is O=C(c1cccs1)C1C(c2ccccc2Cl)C2(C(=O)c3ccccc3C2=O)C2C=Cc3ccccc3N12. The van der Waals surface area contributed by atoms with E-state index in [2.05, 4.69) is 0 Å². The van der Waals surface area contributed by atoms with Crippen LogP contribution < -0.4 is 4.90 Å². The molecule has 3 heterocycles. The highest BCUT2D eigenvalue weighted by Gasteiger charge is 2.71. The number of anilines is 1. The summed E-state index contributed by atoms with van der Waals surface area (Å²) in [5, 5.41) is 2.30. The number of halogens is 1. The number of para-hydroxylation sites is 1. The topological polar surface area (TPSA) is 54.5 Å². The Bertz CT molecular complexity index is 1600. The zero-order valence-electron chi connectivity index (χ0n) is 19.5. The smallest absolute Gasteiger partial charge is 0.195 e. The number of thiophene rings is 1. The molecule has 4 aromatic rings. The third kappa shape index (κ3) is 2.87. The fourth-order valence-corrected chi connectivity index (χ4v) is 7.50. The number of nitrogens with zero attached hydrogens (tertiary/aromatic N) is 1. The van der Waals surface area contributed by atoms with Crippen LogP contribution in [-0.4, -0.2) is 29.4 Å². The molecule has 0 saturated carbocycles. The summed E-state index contributed by atoms with van der Waals surface area (Å²) in [6.45, 7) is 0. The molecular formula is C31H20ClNO3S. The third-order valence-electron chi connectivity index (χ3n) is 7.99. The van der Waals surface area contributed by atoms with Crippen LogP contribution in [0.5, 0.6) is 0 Å². The number of Topliss-reactive ketones (excluding diaryl/α,β-unsaturated/α-hetero) is 3. The van der Waals surface area contributed by atoms with E-state index in [0.29, 0.717) is 26.6 Å². The van der Waals surface area contributed by atoms with E-state index < -0.39 is 23.4 Å². The summed E-state index contributed by atoms with van der Waals surface area (Å²) in [7, 11) is 0. The molecule has 4 nitrogen and oxygen atoms in total. The van der Waals surface area contributed by atoms with E-state index in [1.807, 2.05) is 71.0 Å². The lowest BCUT2D eigenvalue weighted by Crippen LogP contribution is -2.48. The van der Waals surface area contributed by atoms with Gasteiger partial charge in [0.1, 0.15) is 11.5 Å².